The molecule has 0 radical (unpaired) electrons. The summed E-state index contributed by atoms with van der Waals surface area (Å²) < 4.78 is 34.9. The standard InChI is InChI=1S/C21H25NO5S/c1-3-27-20-7-5-4-6-19(20)21(23)22(17-12-13-28(24,25)15-17)14-16-8-10-18(26-2)11-9-16/h4-11,17H,3,12-15H2,1-2H3. The summed E-state index contributed by atoms with van der Waals surface area (Å²) >= 11 is 0. The average Bonchev–Trinajstić information content (AvgIpc) is 3.06. The molecule has 1 aliphatic rings. The van der Waals surface area contributed by atoms with Crippen molar-refractivity contribution in [2.45, 2.75) is 25.9 Å². The van der Waals surface area contributed by atoms with Gasteiger partial charge in [-0.3, -0.25) is 4.79 Å². The van der Waals surface area contributed by atoms with Crippen molar-refractivity contribution >= 4 is 15.7 Å². The molecule has 0 aromatic heterocycles. The van der Waals surface area contributed by atoms with Crippen LogP contribution >= 0.6 is 0 Å². The highest BCUT2D eigenvalue weighted by Crippen LogP contribution is 2.26. The molecule has 2 aromatic rings. The van der Waals surface area contributed by atoms with Gasteiger partial charge in [0.25, 0.3) is 5.91 Å². The fourth-order valence-electron chi connectivity index (χ4n) is 3.39. The summed E-state index contributed by atoms with van der Waals surface area (Å²) in [5.74, 6) is 1.12. The van der Waals surface area contributed by atoms with Crippen molar-refractivity contribution in [3.05, 3.63) is 59.7 Å². The molecule has 7 heteroatoms. The van der Waals surface area contributed by atoms with Crippen molar-refractivity contribution in [3.63, 3.8) is 0 Å². The fraction of sp³-hybridized carbons (Fsp3) is 0.381. The van der Waals surface area contributed by atoms with Crippen LogP contribution in [0.5, 0.6) is 11.5 Å². The maximum Gasteiger partial charge on any atom is 0.258 e. The van der Waals surface area contributed by atoms with Gasteiger partial charge in [-0.05, 0) is 43.2 Å². The monoisotopic (exact) mass is 403 g/mol. The smallest absolute Gasteiger partial charge is 0.258 e. The van der Waals surface area contributed by atoms with E-state index < -0.39 is 9.84 Å². The molecule has 3 rings (SSSR count). The van der Waals surface area contributed by atoms with Gasteiger partial charge >= 0.3 is 0 Å². The summed E-state index contributed by atoms with van der Waals surface area (Å²) in [5.41, 5.74) is 1.36. The van der Waals surface area contributed by atoms with Crippen LogP contribution in [0.2, 0.25) is 0 Å². The zero-order chi connectivity index (χ0) is 20.1. The SMILES string of the molecule is CCOc1ccccc1C(=O)N(Cc1ccc(OC)cc1)C1CCS(=O)(=O)C1. The van der Waals surface area contributed by atoms with Gasteiger partial charge in [-0.25, -0.2) is 8.42 Å². The molecule has 28 heavy (non-hydrogen) atoms. The van der Waals surface area contributed by atoms with E-state index in [1.807, 2.05) is 37.3 Å². The lowest BCUT2D eigenvalue weighted by molar-refractivity contribution is 0.0676. The number of methoxy groups -OCH3 is 1. The van der Waals surface area contributed by atoms with Crippen molar-refractivity contribution in [3.8, 4) is 11.5 Å². The van der Waals surface area contributed by atoms with Crippen LogP contribution in [0.15, 0.2) is 48.5 Å². The first-order valence-corrected chi connectivity index (χ1v) is 11.1. The second-order valence-electron chi connectivity index (χ2n) is 6.77. The number of rotatable bonds is 7. The van der Waals surface area contributed by atoms with Crippen LogP contribution in [0.3, 0.4) is 0 Å². The summed E-state index contributed by atoms with van der Waals surface area (Å²) in [6.07, 6.45) is 0.445. The highest BCUT2D eigenvalue weighted by Gasteiger charge is 2.35. The highest BCUT2D eigenvalue weighted by atomic mass is 32.2. The topological polar surface area (TPSA) is 72.9 Å². The molecule has 6 nitrogen and oxygen atoms in total. The molecule has 1 heterocycles. The molecule has 0 N–H and O–H groups in total. The normalized spacial score (nSPS) is 17.9. The zero-order valence-electron chi connectivity index (χ0n) is 16.1. The predicted octanol–water partition coefficient (Wildman–Crippen LogP) is 2.92. The Bertz CT molecular complexity index is 924. The summed E-state index contributed by atoms with van der Waals surface area (Å²) in [6.45, 7) is 2.63. The molecule has 0 spiro atoms. The lowest BCUT2D eigenvalue weighted by Crippen LogP contribution is -2.40. The molecule has 1 aliphatic heterocycles. The number of carbonyl (C=O) groups is 1. The van der Waals surface area contributed by atoms with Gasteiger partial charge < -0.3 is 14.4 Å². The Hall–Kier alpha value is -2.54. The van der Waals surface area contributed by atoms with E-state index in [0.29, 0.717) is 30.9 Å². The van der Waals surface area contributed by atoms with E-state index in [2.05, 4.69) is 0 Å². The van der Waals surface area contributed by atoms with E-state index in [-0.39, 0.29) is 23.5 Å². The van der Waals surface area contributed by atoms with E-state index >= 15 is 0 Å². The molecule has 1 amide bonds. The molecule has 0 bridgehead atoms. The minimum atomic E-state index is -3.12. The first-order chi connectivity index (χ1) is 13.4. The number of ether oxygens (including phenoxy) is 2. The van der Waals surface area contributed by atoms with E-state index in [1.54, 1.807) is 30.2 Å². The van der Waals surface area contributed by atoms with Gasteiger partial charge in [0.2, 0.25) is 0 Å². The zero-order valence-corrected chi connectivity index (χ0v) is 16.9. The number of benzene rings is 2. The van der Waals surface area contributed by atoms with Crippen LogP contribution < -0.4 is 9.47 Å². The molecule has 1 saturated heterocycles. The summed E-state index contributed by atoms with van der Waals surface area (Å²) in [7, 11) is -1.53. The molecular formula is C21H25NO5S. The number of nitrogens with zero attached hydrogens (tertiary/aromatic N) is 1. The quantitative estimate of drug-likeness (QED) is 0.711. The van der Waals surface area contributed by atoms with Gasteiger partial charge in [-0.15, -0.1) is 0 Å². The van der Waals surface area contributed by atoms with Gasteiger partial charge in [0, 0.05) is 12.6 Å². The highest BCUT2D eigenvalue weighted by molar-refractivity contribution is 7.91. The van der Waals surface area contributed by atoms with Gasteiger partial charge in [0.1, 0.15) is 11.5 Å². The van der Waals surface area contributed by atoms with Gasteiger partial charge in [0.05, 0.1) is 30.8 Å². The number of para-hydroxylation sites is 1. The van der Waals surface area contributed by atoms with Crippen LogP contribution in [0.1, 0.15) is 29.3 Å². The van der Waals surface area contributed by atoms with Crippen LogP contribution in [-0.4, -0.2) is 50.5 Å². The molecular weight excluding hydrogens is 378 g/mol. The Balaban J connectivity index is 1.92. The van der Waals surface area contributed by atoms with Crippen molar-refractivity contribution in [1.82, 2.24) is 4.90 Å². The second-order valence-corrected chi connectivity index (χ2v) is 9.00. The van der Waals surface area contributed by atoms with Crippen LogP contribution in [0.25, 0.3) is 0 Å². The number of sulfone groups is 1. The van der Waals surface area contributed by atoms with Crippen LogP contribution in [-0.2, 0) is 16.4 Å². The Morgan fingerprint density at radius 2 is 1.86 bits per heavy atom. The third-order valence-electron chi connectivity index (χ3n) is 4.84. The van der Waals surface area contributed by atoms with E-state index in [9.17, 15) is 13.2 Å². The lowest BCUT2D eigenvalue weighted by Gasteiger charge is -2.29. The van der Waals surface area contributed by atoms with Crippen LogP contribution in [0.4, 0.5) is 0 Å². The fourth-order valence-corrected chi connectivity index (χ4v) is 5.13. The third-order valence-corrected chi connectivity index (χ3v) is 6.59. The predicted molar refractivity (Wildman–Crippen MR) is 108 cm³/mol. The first kappa shape index (κ1) is 20.2. The van der Waals surface area contributed by atoms with E-state index in [0.717, 1.165) is 11.3 Å². The number of hydrogen-bond donors (Lipinski definition) is 0. The maximum absolute atomic E-state index is 13.4. The van der Waals surface area contributed by atoms with E-state index in [4.69, 9.17) is 9.47 Å². The molecule has 1 unspecified atom stereocenters. The van der Waals surface area contributed by atoms with Crippen molar-refractivity contribution < 1.29 is 22.7 Å². The molecule has 1 atom stereocenters. The Kier molecular flexibility index (Phi) is 6.24. The van der Waals surface area contributed by atoms with Crippen molar-refractivity contribution in [2.75, 3.05) is 25.2 Å². The minimum Gasteiger partial charge on any atom is -0.497 e. The van der Waals surface area contributed by atoms with Gasteiger partial charge in [-0.2, -0.15) is 0 Å². The van der Waals surface area contributed by atoms with Gasteiger partial charge in [0.15, 0.2) is 9.84 Å². The number of amides is 1. The first-order valence-electron chi connectivity index (χ1n) is 9.29. The Morgan fingerprint density at radius 1 is 1.14 bits per heavy atom. The number of hydrogen-bond acceptors (Lipinski definition) is 5. The summed E-state index contributed by atoms with van der Waals surface area (Å²) in [4.78, 5) is 15.0. The van der Waals surface area contributed by atoms with Crippen molar-refractivity contribution in [1.29, 1.82) is 0 Å². The largest absolute Gasteiger partial charge is 0.497 e. The number of carbonyl (C=O) groups excluding carboxylic acids is 1. The molecule has 0 saturated carbocycles. The van der Waals surface area contributed by atoms with Gasteiger partial charge in [-0.1, -0.05) is 24.3 Å². The summed E-state index contributed by atoms with van der Waals surface area (Å²) in [5, 5.41) is 0. The molecule has 1 fully saturated rings. The summed E-state index contributed by atoms with van der Waals surface area (Å²) in [6, 6.07) is 14.2. The Morgan fingerprint density at radius 3 is 2.46 bits per heavy atom. The molecule has 0 aliphatic carbocycles. The minimum absolute atomic E-state index is 0.00824. The second kappa shape index (κ2) is 8.65. The maximum atomic E-state index is 13.4. The molecule has 2 aromatic carbocycles. The van der Waals surface area contributed by atoms with Crippen molar-refractivity contribution in [2.24, 2.45) is 0 Å². The van der Waals surface area contributed by atoms with Crippen LogP contribution in [0, 0.1) is 0 Å². The van der Waals surface area contributed by atoms with E-state index in [1.165, 1.54) is 0 Å². The average molecular weight is 404 g/mol. The Labute approximate surface area is 166 Å². The lowest BCUT2D eigenvalue weighted by atomic mass is 10.1. The molecule has 150 valence electrons. The third kappa shape index (κ3) is 4.65.